The second kappa shape index (κ2) is 10.9. The maximum atomic E-state index is 12.8. The lowest BCUT2D eigenvalue weighted by molar-refractivity contribution is 0.0977. The first-order chi connectivity index (χ1) is 15.8. The zero-order valence-corrected chi connectivity index (χ0v) is 20.2. The van der Waals surface area contributed by atoms with Gasteiger partial charge in [-0.15, -0.1) is 0 Å². The lowest BCUT2D eigenvalue weighted by Crippen LogP contribution is -2.36. The summed E-state index contributed by atoms with van der Waals surface area (Å²) in [7, 11) is 5.07. The van der Waals surface area contributed by atoms with Gasteiger partial charge in [0.1, 0.15) is 11.5 Å². The molecule has 0 saturated heterocycles. The van der Waals surface area contributed by atoms with Gasteiger partial charge in [-0.05, 0) is 44.0 Å². The van der Waals surface area contributed by atoms with Crippen molar-refractivity contribution in [1.82, 2.24) is 15.1 Å². The van der Waals surface area contributed by atoms with Crippen molar-refractivity contribution in [3.8, 4) is 11.5 Å². The van der Waals surface area contributed by atoms with Crippen LogP contribution in [0.5, 0.6) is 11.5 Å². The molecule has 33 heavy (non-hydrogen) atoms. The van der Waals surface area contributed by atoms with E-state index in [2.05, 4.69) is 20.7 Å². The Hall–Kier alpha value is -3.52. The summed E-state index contributed by atoms with van der Waals surface area (Å²) in [6.45, 7) is 4.46. The number of nitrogens with one attached hydrogen (secondary N) is 2. The Bertz CT molecular complexity index is 1150. The molecule has 0 fully saturated rings. The molecule has 0 aliphatic carbocycles. The van der Waals surface area contributed by atoms with Gasteiger partial charge in [0.25, 0.3) is 5.91 Å². The average Bonchev–Trinajstić information content (AvgIpc) is 3.04. The van der Waals surface area contributed by atoms with E-state index in [4.69, 9.17) is 21.1 Å². The third-order valence-electron chi connectivity index (χ3n) is 5.22. The van der Waals surface area contributed by atoms with Crippen LogP contribution >= 0.6 is 11.6 Å². The predicted octanol–water partition coefficient (Wildman–Crippen LogP) is 4.15. The summed E-state index contributed by atoms with van der Waals surface area (Å²) >= 11 is 6.04. The molecule has 0 spiro atoms. The molecule has 3 aromatic rings. The van der Waals surface area contributed by atoms with Crippen molar-refractivity contribution < 1.29 is 14.3 Å². The minimum absolute atomic E-state index is 0.300. The number of anilines is 1. The highest BCUT2D eigenvalue weighted by Gasteiger charge is 2.13. The number of halogens is 1. The molecule has 0 aliphatic rings. The largest absolute Gasteiger partial charge is 0.497 e. The van der Waals surface area contributed by atoms with Crippen molar-refractivity contribution in [1.29, 1.82) is 0 Å². The molecule has 3 rings (SSSR count). The zero-order chi connectivity index (χ0) is 24.0. The molecule has 1 heterocycles. The van der Waals surface area contributed by atoms with Crippen molar-refractivity contribution in [3.05, 3.63) is 70.0 Å². The number of amides is 1. The van der Waals surface area contributed by atoms with Crippen molar-refractivity contribution in [2.75, 3.05) is 26.1 Å². The Labute approximate surface area is 198 Å². The Morgan fingerprint density at radius 3 is 2.39 bits per heavy atom. The Kier molecular flexibility index (Phi) is 7.95. The number of aliphatic imine (C=N–C) groups is 1. The number of rotatable bonds is 7. The number of carbonyl (C=O) groups is 1. The van der Waals surface area contributed by atoms with Crippen LogP contribution in [0.25, 0.3) is 0 Å². The molecule has 0 bridgehead atoms. The Balaban J connectivity index is 1.85. The summed E-state index contributed by atoms with van der Waals surface area (Å²) < 4.78 is 12.5. The molecule has 0 radical (unpaired) electrons. The van der Waals surface area contributed by atoms with Gasteiger partial charge in [0.15, 0.2) is 0 Å². The highest BCUT2D eigenvalue weighted by Crippen LogP contribution is 2.25. The second-order valence-electron chi connectivity index (χ2n) is 7.44. The lowest BCUT2D eigenvalue weighted by atomic mass is 10.1. The van der Waals surface area contributed by atoms with Crippen LogP contribution in [0, 0.1) is 13.8 Å². The van der Waals surface area contributed by atoms with Gasteiger partial charge in [-0.2, -0.15) is 5.10 Å². The van der Waals surface area contributed by atoms with E-state index in [9.17, 15) is 4.79 Å². The first kappa shape index (κ1) is 24.1. The first-order valence-electron chi connectivity index (χ1n) is 10.4. The molecule has 8 nitrogen and oxygen atoms in total. The maximum absolute atomic E-state index is 12.8. The van der Waals surface area contributed by atoms with Gasteiger partial charge in [-0.25, -0.2) is 0 Å². The number of aromatic nitrogens is 2. The molecule has 0 unspecified atom stereocenters. The predicted molar refractivity (Wildman–Crippen MR) is 131 cm³/mol. The van der Waals surface area contributed by atoms with E-state index in [1.807, 2.05) is 25.6 Å². The van der Waals surface area contributed by atoms with Crippen molar-refractivity contribution in [3.63, 3.8) is 0 Å². The molecule has 0 atom stereocenters. The van der Waals surface area contributed by atoms with Crippen LogP contribution < -0.4 is 20.1 Å². The van der Waals surface area contributed by atoms with E-state index in [0.717, 1.165) is 17.0 Å². The van der Waals surface area contributed by atoms with Gasteiger partial charge in [-0.3, -0.25) is 19.8 Å². The fourth-order valence-electron chi connectivity index (χ4n) is 3.39. The topological polar surface area (TPSA) is 89.8 Å². The highest BCUT2D eigenvalue weighted by atomic mass is 35.5. The monoisotopic (exact) mass is 469 g/mol. The van der Waals surface area contributed by atoms with Crippen molar-refractivity contribution >= 4 is 29.2 Å². The second-order valence-corrected chi connectivity index (χ2v) is 7.88. The summed E-state index contributed by atoms with van der Waals surface area (Å²) in [6, 6.07) is 12.1. The number of benzene rings is 2. The van der Waals surface area contributed by atoms with Crippen molar-refractivity contribution in [2.24, 2.45) is 12.0 Å². The molecule has 1 amide bonds. The third kappa shape index (κ3) is 6.26. The van der Waals surface area contributed by atoms with E-state index in [1.165, 1.54) is 0 Å². The fourth-order valence-corrected chi connectivity index (χ4v) is 3.59. The highest BCUT2D eigenvalue weighted by molar-refractivity contribution is 6.31. The molecule has 9 heteroatoms. The number of carbonyl (C=O) groups excluding carboxylic acids is 1. The average molecular weight is 470 g/mol. The van der Waals surface area contributed by atoms with E-state index < -0.39 is 0 Å². The SMILES string of the molecule is COc1cc(NC(=NCCc2c(C)nn(C)c2C)NC(=O)c2cccc(Cl)c2)cc(OC)c1. The van der Waals surface area contributed by atoms with Crippen LogP contribution in [0.2, 0.25) is 5.02 Å². The molecule has 2 N–H and O–H groups in total. The Morgan fingerprint density at radius 2 is 1.82 bits per heavy atom. The summed E-state index contributed by atoms with van der Waals surface area (Å²) in [5.41, 5.74) is 4.30. The minimum atomic E-state index is -0.327. The van der Waals surface area contributed by atoms with Crippen LogP contribution in [0.15, 0.2) is 47.5 Å². The first-order valence-corrected chi connectivity index (χ1v) is 10.8. The zero-order valence-electron chi connectivity index (χ0n) is 19.4. The van der Waals surface area contributed by atoms with E-state index in [0.29, 0.717) is 46.7 Å². The summed E-state index contributed by atoms with van der Waals surface area (Å²) in [6.07, 6.45) is 0.686. The Morgan fingerprint density at radius 1 is 1.12 bits per heavy atom. The lowest BCUT2D eigenvalue weighted by Gasteiger charge is -2.14. The fraction of sp³-hybridized carbons (Fsp3) is 0.292. The molecule has 0 saturated carbocycles. The maximum Gasteiger partial charge on any atom is 0.258 e. The van der Waals surface area contributed by atoms with E-state index in [-0.39, 0.29) is 5.91 Å². The smallest absolute Gasteiger partial charge is 0.258 e. The summed E-state index contributed by atoms with van der Waals surface area (Å²) in [5.74, 6) is 1.19. The van der Waals surface area contributed by atoms with Gasteiger partial charge < -0.3 is 14.8 Å². The molecule has 1 aromatic heterocycles. The van der Waals surface area contributed by atoms with Gasteiger partial charge in [0, 0.05) is 53.8 Å². The van der Waals surface area contributed by atoms with Crippen LogP contribution in [0.1, 0.15) is 27.3 Å². The third-order valence-corrected chi connectivity index (χ3v) is 5.46. The standard InChI is InChI=1S/C24H28ClN5O3/c1-15-22(16(2)30(3)29-15)9-10-26-24(28-23(31)17-7-6-8-18(25)11-17)27-19-12-20(32-4)14-21(13-19)33-5/h6-8,11-14H,9-10H2,1-5H3,(H2,26,27,28,31). The normalized spacial score (nSPS) is 11.3. The minimum Gasteiger partial charge on any atom is -0.497 e. The number of aryl methyl sites for hydroxylation is 2. The number of hydrogen-bond donors (Lipinski definition) is 2. The molecule has 0 aliphatic heterocycles. The molecular formula is C24H28ClN5O3. The number of hydrogen-bond acceptors (Lipinski definition) is 5. The van der Waals surface area contributed by atoms with Gasteiger partial charge >= 0.3 is 0 Å². The number of guanidine groups is 1. The summed E-state index contributed by atoms with van der Waals surface area (Å²) in [4.78, 5) is 17.5. The molecule has 2 aromatic carbocycles. The van der Waals surface area contributed by atoms with Crippen LogP contribution in [-0.4, -0.2) is 42.4 Å². The molecule has 174 valence electrons. The molecular weight excluding hydrogens is 442 g/mol. The number of methoxy groups -OCH3 is 2. The van der Waals surface area contributed by atoms with Crippen molar-refractivity contribution in [2.45, 2.75) is 20.3 Å². The van der Waals surface area contributed by atoms with E-state index in [1.54, 1.807) is 56.7 Å². The quantitative estimate of drug-likeness (QED) is 0.401. The van der Waals surface area contributed by atoms with Gasteiger partial charge in [0.2, 0.25) is 5.96 Å². The number of ether oxygens (including phenoxy) is 2. The van der Waals surface area contributed by atoms with Crippen LogP contribution in [0.4, 0.5) is 5.69 Å². The number of nitrogens with zero attached hydrogens (tertiary/aromatic N) is 3. The van der Waals surface area contributed by atoms with Crippen LogP contribution in [-0.2, 0) is 13.5 Å². The van der Waals surface area contributed by atoms with Crippen LogP contribution in [0.3, 0.4) is 0 Å². The van der Waals surface area contributed by atoms with Gasteiger partial charge in [-0.1, -0.05) is 17.7 Å². The van der Waals surface area contributed by atoms with E-state index >= 15 is 0 Å². The van der Waals surface area contributed by atoms with Gasteiger partial charge in [0.05, 0.1) is 19.9 Å². The summed E-state index contributed by atoms with van der Waals surface area (Å²) in [5, 5.41) is 10.9.